The van der Waals surface area contributed by atoms with Crippen molar-refractivity contribution in [1.82, 2.24) is 20.4 Å². The van der Waals surface area contributed by atoms with Crippen LogP contribution < -0.4 is 15.4 Å². The molecule has 4 N–H and O–H groups in total. The predicted molar refractivity (Wildman–Crippen MR) is 182 cm³/mol. The van der Waals surface area contributed by atoms with E-state index in [0.29, 0.717) is 19.0 Å². The zero-order chi connectivity index (χ0) is 33.3. The third-order valence-electron chi connectivity index (χ3n) is 8.54. The molecule has 3 aromatic carbocycles. The maximum atomic E-state index is 13.8. The van der Waals surface area contributed by atoms with E-state index < -0.39 is 34.0 Å². The van der Waals surface area contributed by atoms with Crippen molar-refractivity contribution in [1.29, 1.82) is 0 Å². The highest BCUT2D eigenvalue weighted by Crippen LogP contribution is 2.20. The Kier molecular flexibility index (Phi) is 12.3. The lowest BCUT2D eigenvalue weighted by atomic mass is 9.98. The molecular weight excluding hydrogens is 602 g/mol. The summed E-state index contributed by atoms with van der Waals surface area (Å²) in [6.45, 7) is 5.68. The molecule has 10 nitrogen and oxygen atoms in total. The van der Waals surface area contributed by atoms with Gasteiger partial charge < -0.3 is 20.6 Å². The van der Waals surface area contributed by atoms with Crippen LogP contribution in [0.2, 0.25) is 0 Å². The van der Waals surface area contributed by atoms with Gasteiger partial charge in [0.2, 0.25) is 10.0 Å². The van der Waals surface area contributed by atoms with Gasteiger partial charge in [-0.3, -0.25) is 19.2 Å². The molecule has 1 fully saturated rings. The van der Waals surface area contributed by atoms with Crippen LogP contribution in [-0.4, -0.2) is 92.8 Å². The summed E-state index contributed by atoms with van der Waals surface area (Å²) in [6, 6.07) is 22.7. The van der Waals surface area contributed by atoms with Crippen molar-refractivity contribution in [2.45, 2.75) is 57.3 Å². The number of anilines is 1. The number of aliphatic hydroxyl groups excluding tert-OH is 1. The van der Waals surface area contributed by atoms with Crippen molar-refractivity contribution in [2.75, 3.05) is 44.2 Å². The van der Waals surface area contributed by atoms with Crippen molar-refractivity contribution in [3.05, 3.63) is 101 Å². The lowest BCUT2D eigenvalue weighted by Crippen LogP contribution is -2.52. The van der Waals surface area contributed by atoms with Crippen LogP contribution in [0.3, 0.4) is 0 Å². The van der Waals surface area contributed by atoms with Gasteiger partial charge in [0.15, 0.2) is 0 Å². The highest BCUT2D eigenvalue weighted by Gasteiger charge is 2.28. The summed E-state index contributed by atoms with van der Waals surface area (Å²) in [5.41, 5.74) is 2.19. The van der Waals surface area contributed by atoms with Crippen LogP contribution in [0.25, 0.3) is 0 Å². The molecule has 46 heavy (non-hydrogen) atoms. The van der Waals surface area contributed by atoms with Crippen LogP contribution >= 0.6 is 0 Å². The number of benzene rings is 3. The molecule has 4 rings (SSSR count). The molecule has 0 aliphatic carbocycles. The Labute approximate surface area is 273 Å². The van der Waals surface area contributed by atoms with Crippen LogP contribution in [0.4, 0.5) is 5.69 Å². The van der Waals surface area contributed by atoms with Crippen molar-refractivity contribution < 1.29 is 23.1 Å². The Morgan fingerprint density at radius 2 is 1.59 bits per heavy atom. The SMILES string of the molecule is CCS(=O)(=O)Nc1cc(C(=O)N[C@@H](Cc2ccccc2)[C@H](O)CN(C)C2CCCN(C)C2)cc(C(=O)N[C@H](C)c2ccccc2)c1. The molecule has 0 saturated carbocycles. The zero-order valence-electron chi connectivity index (χ0n) is 27.1. The fourth-order valence-corrected chi connectivity index (χ4v) is 6.40. The Morgan fingerprint density at radius 3 is 2.20 bits per heavy atom. The molecule has 11 heteroatoms. The molecular formula is C35H47N5O5S. The van der Waals surface area contributed by atoms with Gasteiger partial charge in [-0.25, -0.2) is 8.42 Å². The third-order valence-corrected chi connectivity index (χ3v) is 9.84. The van der Waals surface area contributed by atoms with Crippen molar-refractivity contribution in [3.8, 4) is 0 Å². The number of hydrogen-bond acceptors (Lipinski definition) is 7. The van der Waals surface area contributed by atoms with Crippen LogP contribution in [0.15, 0.2) is 78.9 Å². The number of aliphatic hydroxyl groups is 1. The van der Waals surface area contributed by atoms with E-state index >= 15 is 0 Å². The normalized spacial score (nSPS) is 17.6. The minimum Gasteiger partial charge on any atom is -0.390 e. The molecule has 4 atom stereocenters. The van der Waals surface area contributed by atoms with Gasteiger partial charge >= 0.3 is 0 Å². The van der Waals surface area contributed by atoms with E-state index in [1.54, 1.807) is 0 Å². The first kappa shape index (κ1) is 35.1. The smallest absolute Gasteiger partial charge is 0.251 e. The summed E-state index contributed by atoms with van der Waals surface area (Å²) >= 11 is 0. The molecule has 1 aliphatic heterocycles. The fraction of sp³-hybridized carbons (Fsp3) is 0.429. The Morgan fingerprint density at radius 1 is 0.978 bits per heavy atom. The zero-order valence-corrected chi connectivity index (χ0v) is 28.0. The minimum atomic E-state index is -3.69. The monoisotopic (exact) mass is 649 g/mol. The van der Waals surface area contributed by atoms with Crippen LogP contribution in [0, 0.1) is 0 Å². The number of carbonyl (C=O) groups excluding carboxylic acids is 2. The summed E-state index contributed by atoms with van der Waals surface area (Å²) in [4.78, 5) is 31.7. The van der Waals surface area contributed by atoms with Gasteiger partial charge in [-0.05, 0) is 83.1 Å². The van der Waals surface area contributed by atoms with Crippen molar-refractivity contribution in [2.24, 2.45) is 0 Å². The van der Waals surface area contributed by atoms with E-state index in [9.17, 15) is 23.1 Å². The van der Waals surface area contributed by atoms with Crippen molar-refractivity contribution >= 4 is 27.5 Å². The quantitative estimate of drug-likeness (QED) is 0.210. The lowest BCUT2D eigenvalue weighted by molar-refractivity contribution is 0.0502. The second-order valence-corrected chi connectivity index (χ2v) is 14.3. The average Bonchev–Trinajstić information content (AvgIpc) is 3.04. The second kappa shape index (κ2) is 16.2. The third kappa shape index (κ3) is 10.1. The molecule has 0 bridgehead atoms. The number of sulfonamides is 1. The molecule has 1 aliphatic rings. The second-order valence-electron chi connectivity index (χ2n) is 12.2. The van der Waals surface area contributed by atoms with Crippen LogP contribution in [0.5, 0.6) is 0 Å². The number of amides is 2. The largest absolute Gasteiger partial charge is 0.390 e. The highest BCUT2D eigenvalue weighted by molar-refractivity contribution is 7.92. The van der Waals surface area contributed by atoms with Crippen LogP contribution in [0.1, 0.15) is 64.6 Å². The van der Waals surface area contributed by atoms with E-state index in [-0.39, 0.29) is 28.6 Å². The number of piperidine rings is 1. The first-order valence-electron chi connectivity index (χ1n) is 15.9. The van der Waals surface area contributed by atoms with Gasteiger partial charge in [0.05, 0.1) is 29.6 Å². The summed E-state index contributed by atoms with van der Waals surface area (Å²) in [5.74, 6) is -1.16. The first-order valence-corrected chi connectivity index (χ1v) is 17.5. The van der Waals surface area contributed by atoms with Gasteiger partial charge in [0, 0.05) is 30.3 Å². The maximum absolute atomic E-state index is 13.8. The highest BCUT2D eigenvalue weighted by atomic mass is 32.2. The molecule has 248 valence electrons. The number of likely N-dealkylation sites (N-methyl/N-ethyl adjacent to an activating group) is 2. The van der Waals surface area contributed by atoms with Crippen LogP contribution in [-0.2, 0) is 16.4 Å². The fourth-order valence-electron chi connectivity index (χ4n) is 5.78. The van der Waals surface area contributed by atoms with E-state index in [4.69, 9.17) is 0 Å². The number of rotatable bonds is 14. The number of likely N-dealkylation sites (tertiary alicyclic amines) is 1. The summed E-state index contributed by atoms with van der Waals surface area (Å²) in [6.07, 6.45) is 1.62. The summed E-state index contributed by atoms with van der Waals surface area (Å²) in [7, 11) is 0.405. The standard InChI is InChI=1S/C35H47N5O5S/c1-5-46(44,45)38-30-21-28(34(42)36-25(2)27-15-10-7-11-16-27)20-29(22-30)35(43)37-32(19-26-13-8-6-9-14-26)33(41)24-40(4)31-17-12-18-39(3)23-31/h6-11,13-16,20-22,25,31-33,38,41H,5,12,17-19,23-24H2,1-4H3,(H,36,42)(H,37,43)/t25-,31?,32+,33-/m1/s1. The van der Waals surface area contributed by atoms with E-state index in [0.717, 1.165) is 37.1 Å². The van der Waals surface area contributed by atoms with Gasteiger partial charge in [-0.2, -0.15) is 0 Å². The molecule has 2 amide bonds. The Hall–Kier alpha value is -3.77. The van der Waals surface area contributed by atoms with E-state index in [1.807, 2.05) is 74.6 Å². The molecule has 0 spiro atoms. The lowest BCUT2D eigenvalue weighted by Gasteiger charge is -2.38. The number of nitrogens with zero attached hydrogens (tertiary/aromatic N) is 2. The van der Waals surface area contributed by atoms with E-state index in [2.05, 4.69) is 32.2 Å². The molecule has 0 aromatic heterocycles. The maximum Gasteiger partial charge on any atom is 0.251 e. The summed E-state index contributed by atoms with van der Waals surface area (Å²) in [5, 5.41) is 17.4. The van der Waals surface area contributed by atoms with Crippen molar-refractivity contribution in [3.63, 3.8) is 0 Å². The van der Waals surface area contributed by atoms with Gasteiger partial charge in [0.1, 0.15) is 0 Å². The van der Waals surface area contributed by atoms with Gasteiger partial charge in [-0.1, -0.05) is 60.7 Å². The first-order chi connectivity index (χ1) is 21.9. The molecule has 3 aromatic rings. The molecule has 1 heterocycles. The van der Waals surface area contributed by atoms with Gasteiger partial charge in [-0.15, -0.1) is 0 Å². The minimum absolute atomic E-state index is 0.0985. The Balaban J connectivity index is 1.59. The number of carbonyl (C=O) groups is 2. The topological polar surface area (TPSA) is 131 Å². The molecule has 1 saturated heterocycles. The summed E-state index contributed by atoms with van der Waals surface area (Å²) < 4.78 is 27.4. The molecule has 0 radical (unpaired) electrons. The average molecular weight is 650 g/mol. The molecule has 1 unspecified atom stereocenters. The number of hydrogen-bond donors (Lipinski definition) is 4. The Bertz CT molecular complexity index is 1550. The predicted octanol–water partition coefficient (Wildman–Crippen LogP) is 3.67. The number of nitrogens with one attached hydrogen (secondary N) is 3. The van der Waals surface area contributed by atoms with E-state index in [1.165, 1.54) is 25.1 Å². The van der Waals surface area contributed by atoms with Gasteiger partial charge in [0.25, 0.3) is 11.8 Å².